The molecule has 12 heteroatoms. The summed E-state index contributed by atoms with van der Waals surface area (Å²) in [7, 11) is 0. The van der Waals surface area contributed by atoms with Crippen LogP contribution in [0.15, 0.2) is 449 Å². The Balaban J connectivity index is 0.000000108. The molecule has 0 unspecified atom stereocenters. The number of anilines is 18. The van der Waals surface area contributed by atoms with Crippen molar-refractivity contribution >= 4 is 220 Å². The van der Waals surface area contributed by atoms with E-state index in [0.717, 1.165) is 22.7 Å². The van der Waals surface area contributed by atoms with Crippen molar-refractivity contribution in [3.8, 4) is 0 Å². The van der Waals surface area contributed by atoms with Crippen LogP contribution < -0.4 is 43.6 Å². The number of nitrogens with zero attached hydrogens (tertiary/aromatic N) is 9. The summed E-state index contributed by atoms with van der Waals surface area (Å²) >= 11 is 0. The SMILES string of the molecule is Cc1ccc(N(c2ccc(C)cc2)c2cc3c4ccccc4c(N4B5C=CC=CN5c5ccccc54)cc3c3ccccc23)cc1.Cc1ccc(N(c2ccc(C)cc2)c2ccc3ccc4c(N5B6C=CC=CN6c6ccccc65)ccc5ccc2c3c54)cc1.Cc1ccc(N(c2ccc(C3CCCCC3)cc2)c2ccc3ccc4c(N5B6C=CC=CN6c6ccccc65)ccc5ccc2c3c54)cc1. The molecule has 0 atom stereocenters. The van der Waals surface area contributed by atoms with Crippen molar-refractivity contribution in [1.82, 2.24) is 0 Å². The molecular weight excluding hydrogens is 1680 g/mol. The van der Waals surface area contributed by atoms with Crippen LogP contribution in [-0.2, 0) is 0 Å². The summed E-state index contributed by atoms with van der Waals surface area (Å²) in [6.07, 6.45) is 26.2. The number of benzene rings is 21. The van der Waals surface area contributed by atoms with Crippen molar-refractivity contribution in [2.45, 2.75) is 72.6 Å². The monoisotopic (exact) mass is 1780 g/mol. The van der Waals surface area contributed by atoms with Gasteiger partial charge < -0.3 is 43.6 Å². The Bertz CT molecular complexity index is 8530. The average molecular weight is 1780 g/mol. The van der Waals surface area contributed by atoms with E-state index >= 15 is 0 Å². The van der Waals surface area contributed by atoms with Crippen molar-refractivity contribution in [2.24, 2.45) is 0 Å². The third-order valence-electron chi connectivity index (χ3n) is 30.1. The molecule has 0 N–H and O–H groups in total. The summed E-state index contributed by atoms with van der Waals surface area (Å²) in [5, 5.41) is 22.9. The minimum Gasteiger partial charge on any atom is -0.367 e. The van der Waals surface area contributed by atoms with Crippen LogP contribution in [0.1, 0.15) is 71.4 Å². The second-order valence-electron chi connectivity index (χ2n) is 38.5. The molecule has 21 aromatic rings. The summed E-state index contributed by atoms with van der Waals surface area (Å²) in [6.45, 7) is 11.0. The van der Waals surface area contributed by atoms with E-state index in [1.54, 1.807) is 0 Å². The zero-order valence-electron chi connectivity index (χ0n) is 78.6. The fraction of sp³-hybridized carbons (Fsp3) is 0.0866. The Morgan fingerprint density at radius 1 is 0.216 bits per heavy atom. The quantitative estimate of drug-likeness (QED) is 0.0827. The van der Waals surface area contributed by atoms with Gasteiger partial charge in [0.15, 0.2) is 0 Å². The third-order valence-corrected chi connectivity index (χ3v) is 30.1. The smallest absolute Gasteiger partial charge is 0.367 e. The van der Waals surface area contributed by atoms with Gasteiger partial charge in [0.2, 0.25) is 0 Å². The minimum absolute atomic E-state index is 0.0763. The van der Waals surface area contributed by atoms with Gasteiger partial charge in [0.05, 0.1) is 51.2 Å². The normalized spacial score (nSPS) is 14.5. The molecule has 7 aliphatic rings. The van der Waals surface area contributed by atoms with Gasteiger partial charge in [-0.1, -0.05) is 314 Å². The number of fused-ring (bicyclic) bond motifs is 14. The molecule has 1 fully saturated rings. The molecule has 6 aliphatic heterocycles. The molecule has 6 heterocycles. The molecule has 28 rings (SSSR count). The van der Waals surface area contributed by atoms with Crippen LogP contribution in [0.3, 0.4) is 0 Å². The van der Waals surface area contributed by atoms with Crippen molar-refractivity contribution in [1.29, 1.82) is 0 Å². The van der Waals surface area contributed by atoms with Crippen molar-refractivity contribution < 1.29 is 0 Å². The molecule has 9 nitrogen and oxygen atoms in total. The van der Waals surface area contributed by atoms with E-state index < -0.39 is 0 Å². The van der Waals surface area contributed by atoms with Gasteiger partial charge in [-0.25, -0.2) is 0 Å². The lowest BCUT2D eigenvalue weighted by molar-refractivity contribution is 0.443. The summed E-state index contributed by atoms with van der Waals surface area (Å²) in [5.41, 5.74) is 29.4. The molecule has 21 aromatic carbocycles. The third kappa shape index (κ3) is 14.0. The van der Waals surface area contributed by atoms with Crippen LogP contribution in [0.4, 0.5) is 102 Å². The van der Waals surface area contributed by atoms with E-state index in [1.165, 1.54) is 242 Å². The van der Waals surface area contributed by atoms with Crippen molar-refractivity contribution in [3.63, 3.8) is 0 Å². The molecule has 662 valence electrons. The van der Waals surface area contributed by atoms with Crippen molar-refractivity contribution in [2.75, 3.05) is 43.6 Å². The molecule has 0 bridgehead atoms. The second-order valence-corrected chi connectivity index (χ2v) is 38.5. The standard InChI is InChI=1S/C45H38BN3.C42H32BN3.C40H30BN3/c1-31-13-21-36(22-14-31)48(37-23-15-33(16-24-37)32-9-3-2-4-10-32)40-27-19-34-18-26-39-41(28-20-35-17-25-38(40)44(34)45(35)39)49-43-12-6-5-11-42(43)47-30-8-7-29-46(47)49;1-29-17-21-31(22-18-29)45(32-23-19-30(2)20-24-32)41-27-37-34-12-4-6-14-36(34)42(28-38(37)33-11-3-5-13-35(33)41)46-40-16-8-7-15-39(40)44-26-10-9-25-43(44)46;1-27-9-17-31(18-10-27)43(32-19-11-28(2)12-20-32)35-23-15-29-14-22-34-36(24-16-30-13-21-33(35)39(29)40(30)34)44-38-8-4-3-7-37(38)42-26-6-5-25-41(42)44/h5-8,11-30,32H,2-4,9-10H2,1H3;3-28H,1-2H3;3-26H,1-2H3. The molecule has 0 saturated heterocycles. The molecule has 0 radical (unpaired) electrons. The molecular formula is C127H100B3N9. The van der Waals surface area contributed by atoms with Gasteiger partial charge in [-0.15, -0.1) is 0 Å². The van der Waals surface area contributed by atoms with E-state index in [0.29, 0.717) is 5.92 Å². The number of para-hydroxylation sites is 6. The maximum absolute atomic E-state index is 2.51. The van der Waals surface area contributed by atoms with Crippen LogP contribution in [0.5, 0.6) is 0 Å². The van der Waals surface area contributed by atoms with Gasteiger partial charge in [-0.2, -0.15) is 0 Å². The van der Waals surface area contributed by atoms with E-state index in [4.69, 9.17) is 0 Å². The molecule has 1 saturated carbocycles. The first-order valence-electron chi connectivity index (χ1n) is 49.2. The van der Waals surface area contributed by atoms with E-state index in [-0.39, 0.29) is 20.9 Å². The largest absolute Gasteiger partial charge is 0.412 e. The van der Waals surface area contributed by atoms with Crippen LogP contribution in [0.2, 0.25) is 0 Å². The predicted octanol–water partition coefficient (Wildman–Crippen LogP) is 34.5. The maximum Gasteiger partial charge on any atom is 0.412 e. The van der Waals surface area contributed by atoms with Crippen LogP contribution >= 0.6 is 0 Å². The first-order valence-corrected chi connectivity index (χ1v) is 49.2. The summed E-state index contributed by atoms with van der Waals surface area (Å²) in [4.78, 5) is 21.9. The van der Waals surface area contributed by atoms with Gasteiger partial charge in [-0.05, 0) is 306 Å². The van der Waals surface area contributed by atoms with Crippen LogP contribution in [-0.4, -0.2) is 20.9 Å². The number of hydrogen-bond acceptors (Lipinski definition) is 9. The Morgan fingerprint density at radius 2 is 0.511 bits per heavy atom. The first-order chi connectivity index (χ1) is 68.5. The zero-order valence-corrected chi connectivity index (χ0v) is 78.6. The number of rotatable bonds is 13. The topological polar surface area (TPSA) is 29.2 Å². The fourth-order valence-corrected chi connectivity index (χ4v) is 23.4. The van der Waals surface area contributed by atoms with Gasteiger partial charge in [0.25, 0.3) is 0 Å². The van der Waals surface area contributed by atoms with E-state index in [2.05, 4.69) is 527 Å². The van der Waals surface area contributed by atoms with E-state index in [9.17, 15) is 0 Å². The zero-order chi connectivity index (χ0) is 92.6. The number of hydrogen-bond donors (Lipinski definition) is 0. The highest BCUT2D eigenvalue weighted by Crippen LogP contribution is 2.56. The minimum atomic E-state index is 0.0763. The van der Waals surface area contributed by atoms with E-state index in [1.807, 2.05) is 0 Å². The predicted molar refractivity (Wildman–Crippen MR) is 598 cm³/mol. The molecule has 1 aliphatic carbocycles. The van der Waals surface area contributed by atoms with Gasteiger partial charge in [0, 0.05) is 83.5 Å². The lowest BCUT2D eigenvalue weighted by Gasteiger charge is -2.30. The highest BCUT2D eigenvalue weighted by molar-refractivity contribution is 6.78. The van der Waals surface area contributed by atoms with Crippen LogP contribution in [0, 0.1) is 34.6 Å². The highest BCUT2D eigenvalue weighted by atomic mass is 15.3. The molecule has 0 amide bonds. The Labute approximate surface area is 813 Å². The summed E-state index contributed by atoms with van der Waals surface area (Å²) in [6, 6.07) is 140. The summed E-state index contributed by atoms with van der Waals surface area (Å²) in [5.74, 6) is 7.57. The Kier molecular flexibility index (Phi) is 20.3. The molecule has 139 heavy (non-hydrogen) atoms. The number of aryl methyl sites for hydroxylation is 5. The highest BCUT2D eigenvalue weighted by Gasteiger charge is 2.44. The average Bonchev–Trinajstić information content (AvgIpc) is 1.49. The molecule has 0 aromatic heterocycles. The summed E-state index contributed by atoms with van der Waals surface area (Å²) < 4.78 is 0. The Hall–Kier alpha value is -16.7. The fourth-order valence-electron chi connectivity index (χ4n) is 23.4. The second kappa shape index (κ2) is 34.0. The van der Waals surface area contributed by atoms with Gasteiger partial charge in [-0.3, -0.25) is 0 Å². The van der Waals surface area contributed by atoms with Crippen molar-refractivity contribution in [3.05, 3.63) is 482 Å². The molecule has 0 spiro atoms. The first kappa shape index (κ1) is 82.9. The van der Waals surface area contributed by atoms with Gasteiger partial charge in [0.1, 0.15) is 0 Å². The Morgan fingerprint density at radius 3 is 0.899 bits per heavy atom. The van der Waals surface area contributed by atoms with Crippen LogP contribution in [0.25, 0.3) is 97.0 Å². The lowest BCUT2D eigenvalue weighted by Crippen LogP contribution is -2.42. The maximum atomic E-state index is 2.51. The lowest BCUT2D eigenvalue weighted by atomic mass is 9.71. The van der Waals surface area contributed by atoms with Gasteiger partial charge >= 0.3 is 20.9 Å². The number of allylic oxidation sites excluding steroid dienone is 6.